The van der Waals surface area contributed by atoms with Gasteiger partial charge in [-0.15, -0.1) is 0 Å². The van der Waals surface area contributed by atoms with Crippen LogP contribution in [0.25, 0.3) is 0 Å². The first-order chi connectivity index (χ1) is 7.60. The van der Waals surface area contributed by atoms with Gasteiger partial charge in [-0.3, -0.25) is 9.59 Å². The fraction of sp³-hybridized carbons (Fsp3) is 0.692. The van der Waals surface area contributed by atoms with Crippen molar-refractivity contribution < 1.29 is 14.7 Å². The standard InChI is InChI=1S/C13H23NO3/c1-9(2)6-11(15)14-10(7-12(16)17)8-13(3,4)5/h6,10H,7-8H2,1-5H3,(H,14,15)(H,16,17). The predicted molar refractivity (Wildman–Crippen MR) is 67.7 cm³/mol. The maximum absolute atomic E-state index is 11.6. The number of carbonyl (C=O) groups is 2. The second-order valence-electron chi connectivity index (χ2n) is 5.79. The second-order valence-corrected chi connectivity index (χ2v) is 5.79. The van der Waals surface area contributed by atoms with Gasteiger partial charge in [0.1, 0.15) is 0 Å². The van der Waals surface area contributed by atoms with Crippen LogP contribution in [-0.4, -0.2) is 23.0 Å². The number of hydrogen-bond donors (Lipinski definition) is 2. The summed E-state index contributed by atoms with van der Waals surface area (Å²) in [5.74, 6) is -1.11. The average Bonchev–Trinajstić information content (AvgIpc) is 1.95. The third kappa shape index (κ3) is 9.60. The summed E-state index contributed by atoms with van der Waals surface area (Å²) in [6.45, 7) is 9.73. The van der Waals surface area contributed by atoms with Crippen LogP contribution in [0.2, 0.25) is 0 Å². The van der Waals surface area contributed by atoms with E-state index in [0.717, 1.165) is 5.57 Å². The summed E-state index contributed by atoms with van der Waals surface area (Å²) in [5.41, 5.74) is 0.880. The van der Waals surface area contributed by atoms with Crippen LogP contribution in [0.5, 0.6) is 0 Å². The van der Waals surface area contributed by atoms with Crippen molar-refractivity contribution in [2.45, 2.75) is 53.5 Å². The zero-order chi connectivity index (χ0) is 13.6. The molecule has 0 spiro atoms. The van der Waals surface area contributed by atoms with Crippen LogP contribution in [0.4, 0.5) is 0 Å². The van der Waals surface area contributed by atoms with Crippen molar-refractivity contribution in [1.29, 1.82) is 0 Å². The van der Waals surface area contributed by atoms with Gasteiger partial charge in [-0.2, -0.15) is 0 Å². The van der Waals surface area contributed by atoms with Crippen molar-refractivity contribution in [3.63, 3.8) is 0 Å². The van der Waals surface area contributed by atoms with Gasteiger partial charge in [0, 0.05) is 12.1 Å². The Kier molecular flexibility index (Phi) is 5.93. The highest BCUT2D eigenvalue weighted by Crippen LogP contribution is 2.22. The zero-order valence-electron chi connectivity index (χ0n) is 11.3. The summed E-state index contributed by atoms with van der Waals surface area (Å²) >= 11 is 0. The number of nitrogens with one attached hydrogen (secondary N) is 1. The molecule has 1 atom stereocenters. The Bertz CT molecular complexity index is 309. The Labute approximate surface area is 103 Å². The highest BCUT2D eigenvalue weighted by atomic mass is 16.4. The lowest BCUT2D eigenvalue weighted by Crippen LogP contribution is -2.38. The molecule has 0 aromatic carbocycles. The SMILES string of the molecule is CC(C)=CC(=O)NC(CC(=O)O)CC(C)(C)C. The number of carbonyl (C=O) groups excluding carboxylic acids is 1. The number of carboxylic acids is 1. The van der Waals surface area contributed by atoms with Crippen LogP contribution in [0.1, 0.15) is 47.5 Å². The topological polar surface area (TPSA) is 66.4 Å². The molecule has 0 bridgehead atoms. The molecule has 0 aromatic rings. The van der Waals surface area contributed by atoms with E-state index in [1.165, 1.54) is 6.08 Å². The summed E-state index contributed by atoms with van der Waals surface area (Å²) in [7, 11) is 0. The Balaban J connectivity index is 4.54. The largest absolute Gasteiger partial charge is 0.481 e. The van der Waals surface area contributed by atoms with Gasteiger partial charge < -0.3 is 10.4 Å². The van der Waals surface area contributed by atoms with E-state index < -0.39 is 5.97 Å². The quantitative estimate of drug-likeness (QED) is 0.726. The molecule has 17 heavy (non-hydrogen) atoms. The summed E-state index contributed by atoms with van der Waals surface area (Å²) in [4.78, 5) is 22.3. The van der Waals surface area contributed by atoms with E-state index in [4.69, 9.17) is 5.11 Å². The van der Waals surface area contributed by atoms with E-state index >= 15 is 0 Å². The van der Waals surface area contributed by atoms with E-state index in [9.17, 15) is 9.59 Å². The van der Waals surface area contributed by atoms with E-state index in [1.807, 2.05) is 34.6 Å². The molecule has 0 aliphatic rings. The molecular formula is C13H23NO3. The van der Waals surface area contributed by atoms with Crippen LogP contribution in [0.15, 0.2) is 11.6 Å². The van der Waals surface area contributed by atoms with Gasteiger partial charge in [0.25, 0.3) is 0 Å². The van der Waals surface area contributed by atoms with E-state index in [2.05, 4.69) is 5.32 Å². The molecule has 1 amide bonds. The number of amides is 1. The van der Waals surface area contributed by atoms with Crippen molar-refractivity contribution in [1.82, 2.24) is 5.32 Å². The summed E-state index contributed by atoms with van der Waals surface area (Å²) < 4.78 is 0. The van der Waals surface area contributed by atoms with Crippen molar-refractivity contribution in [2.75, 3.05) is 0 Å². The fourth-order valence-corrected chi connectivity index (χ4v) is 1.63. The summed E-state index contributed by atoms with van der Waals surface area (Å²) in [5, 5.41) is 11.5. The minimum Gasteiger partial charge on any atom is -0.481 e. The molecule has 0 heterocycles. The maximum atomic E-state index is 11.6. The van der Waals surface area contributed by atoms with Crippen LogP contribution >= 0.6 is 0 Å². The summed E-state index contributed by atoms with van der Waals surface area (Å²) in [6.07, 6.45) is 2.08. The smallest absolute Gasteiger partial charge is 0.305 e. The molecule has 4 nitrogen and oxygen atoms in total. The molecule has 0 fully saturated rings. The first-order valence-electron chi connectivity index (χ1n) is 5.77. The Morgan fingerprint density at radius 3 is 2.18 bits per heavy atom. The van der Waals surface area contributed by atoms with Crippen molar-refractivity contribution in [3.05, 3.63) is 11.6 Å². The van der Waals surface area contributed by atoms with E-state index in [0.29, 0.717) is 6.42 Å². The van der Waals surface area contributed by atoms with Crippen LogP contribution in [0, 0.1) is 5.41 Å². The van der Waals surface area contributed by atoms with Gasteiger partial charge in [0.05, 0.1) is 6.42 Å². The van der Waals surface area contributed by atoms with Crippen molar-refractivity contribution in [2.24, 2.45) is 5.41 Å². The highest BCUT2D eigenvalue weighted by molar-refractivity contribution is 5.88. The highest BCUT2D eigenvalue weighted by Gasteiger charge is 2.22. The van der Waals surface area contributed by atoms with Gasteiger partial charge in [-0.25, -0.2) is 0 Å². The molecule has 0 aliphatic carbocycles. The lowest BCUT2D eigenvalue weighted by molar-refractivity contribution is -0.137. The zero-order valence-corrected chi connectivity index (χ0v) is 11.3. The number of allylic oxidation sites excluding steroid dienone is 1. The van der Waals surface area contributed by atoms with Crippen molar-refractivity contribution in [3.8, 4) is 0 Å². The molecule has 0 saturated heterocycles. The molecule has 0 rings (SSSR count). The third-order valence-electron chi connectivity index (χ3n) is 2.05. The summed E-state index contributed by atoms with van der Waals surface area (Å²) in [6, 6.07) is -0.324. The number of rotatable bonds is 5. The third-order valence-corrected chi connectivity index (χ3v) is 2.05. The van der Waals surface area contributed by atoms with Gasteiger partial charge in [-0.05, 0) is 25.7 Å². The molecule has 0 aliphatic heterocycles. The Hall–Kier alpha value is -1.32. The molecule has 0 aromatic heterocycles. The van der Waals surface area contributed by atoms with Crippen molar-refractivity contribution >= 4 is 11.9 Å². The van der Waals surface area contributed by atoms with Gasteiger partial charge in [-0.1, -0.05) is 26.3 Å². The molecule has 4 heteroatoms. The molecule has 1 unspecified atom stereocenters. The minimum atomic E-state index is -0.892. The maximum Gasteiger partial charge on any atom is 0.305 e. The molecule has 0 saturated carbocycles. The molecular weight excluding hydrogens is 218 g/mol. The minimum absolute atomic E-state index is 0.0155. The Morgan fingerprint density at radius 1 is 1.29 bits per heavy atom. The predicted octanol–water partition coefficient (Wildman–Crippen LogP) is 2.35. The van der Waals surface area contributed by atoms with E-state index in [-0.39, 0.29) is 23.8 Å². The molecule has 0 radical (unpaired) electrons. The molecule has 2 N–H and O–H groups in total. The lowest BCUT2D eigenvalue weighted by Gasteiger charge is -2.25. The fourth-order valence-electron chi connectivity index (χ4n) is 1.63. The van der Waals surface area contributed by atoms with E-state index in [1.54, 1.807) is 0 Å². The first-order valence-corrected chi connectivity index (χ1v) is 5.77. The van der Waals surface area contributed by atoms with Gasteiger partial charge in [0.15, 0.2) is 0 Å². The van der Waals surface area contributed by atoms with Gasteiger partial charge >= 0.3 is 5.97 Å². The van der Waals surface area contributed by atoms with Crippen LogP contribution in [-0.2, 0) is 9.59 Å². The molecule has 98 valence electrons. The monoisotopic (exact) mass is 241 g/mol. The normalized spacial score (nSPS) is 12.8. The number of aliphatic carboxylic acids is 1. The average molecular weight is 241 g/mol. The lowest BCUT2D eigenvalue weighted by atomic mass is 9.87. The van der Waals surface area contributed by atoms with Crippen LogP contribution in [0.3, 0.4) is 0 Å². The van der Waals surface area contributed by atoms with Crippen LogP contribution < -0.4 is 5.32 Å². The first kappa shape index (κ1) is 15.7. The number of hydrogen-bond acceptors (Lipinski definition) is 2. The second kappa shape index (κ2) is 6.42. The van der Waals surface area contributed by atoms with Gasteiger partial charge in [0.2, 0.25) is 5.91 Å². The Morgan fingerprint density at radius 2 is 1.82 bits per heavy atom. The number of carboxylic acid groups (broad SMARTS) is 1.